The number of hydrogen-bond donors (Lipinski definition) is 2. The van der Waals surface area contributed by atoms with Gasteiger partial charge in [0.05, 0.1) is 12.2 Å². The van der Waals surface area contributed by atoms with Crippen LogP contribution in [-0.4, -0.2) is 47.9 Å². The van der Waals surface area contributed by atoms with Gasteiger partial charge in [-0.05, 0) is 25.4 Å². The maximum atomic E-state index is 11.9. The summed E-state index contributed by atoms with van der Waals surface area (Å²) in [6.07, 6.45) is 2.05. The van der Waals surface area contributed by atoms with Crippen LogP contribution >= 0.6 is 24.0 Å². The van der Waals surface area contributed by atoms with Gasteiger partial charge in [-0.2, -0.15) is 11.8 Å². The Labute approximate surface area is 123 Å². The second-order valence-corrected chi connectivity index (χ2v) is 5.61. The van der Waals surface area contributed by atoms with Gasteiger partial charge in [-0.1, -0.05) is 24.4 Å². The topological polar surface area (TPSA) is 58.4 Å². The smallest absolute Gasteiger partial charge is 0.238 e. The van der Waals surface area contributed by atoms with Crippen LogP contribution in [0.4, 0.5) is 5.69 Å². The minimum absolute atomic E-state index is 0.0627. The van der Waals surface area contributed by atoms with Gasteiger partial charge in [-0.15, -0.1) is 0 Å². The van der Waals surface area contributed by atoms with E-state index in [9.17, 15) is 4.79 Å². The van der Waals surface area contributed by atoms with Crippen LogP contribution in [0.25, 0.3) is 0 Å². The number of carbonyl (C=O) groups is 1. The number of carbonyl (C=O) groups excluding carboxylic acids is 1. The number of thiocarbonyl (C=S) groups is 1. The molecule has 1 rings (SSSR count). The van der Waals surface area contributed by atoms with Crippen LogP contribution in [0, 0.1) is 0 Å². The molecule has 0 saturated carbocycles. The fraction of sp³-hybridized carbons (Fsp3) is 0.385. The summed E-state index contributed by atoms with van der Waals surface area (Å²) in [6, 6.07) is 7.28. The van der Waals surface area contributed by atoms with Crippen molar-refractivity contribution in [2.24, 2.45) is 5.73 Å². The molecule has 3 N–H and O–H groups in total. The van der Waals surface area contributed by atoms with Crippen molar-refractivity contribution in [1.82, 2.24) is 4.90 Å². The first-order valence-corrected chi connectivity index (χ1v) is 7.71. The predicted molar refractivity (Wildman–Crippen MR) is 86.8 cm³/mol. The van der Waals surface area contributed by atoms with E-state index in [1.807, 2.05) is 30.3 Å². The molecule has 0 unspecified atom stereocenters. The van der Waals surface area contributed by atoms with Gasteiger partial charge in [0.15, 0.2) is 0 Å². The van der Waals surface area contributed by atoms with E-state index >= 15 is 0 Å². The first-order chi connectivity index (χ1) is 9.04. The Balaban J connectivity index is 2.60. The van der Waals surface area contributed by atoms with E-state index in [0.717, 1.165) is 12.3 Å². The van der Waals surface area contributed by atoms with Gasteiger partial charge >= 0.3 is 0 Å². The molecular weight excluding hydrogens is 278 g/mol. The highest BCUT2D eigenvalue weighted by atomic mass is 32.2. The fourth-order valence-corrected chi connectivity index (χ4v) is 2.24. The van der Waals surface area contributed by atoms with Crippen LogP contribution in [0.5, 0.6) is 0 Å². The number of amides is 1. The molecule has 0 aromatic heterocycles. The number of thioether (sulfide) groups is 1. The molecule has 0 aliphatic rings. The van der Waals surface area contributed by atoms with E-state index in [1.54, 1.807) is 23.9 Å². The quantitative estimate of drug-likeness (QED) is 0.748. The highest BCUT2D eigenvalue weighted by Gasteiger charge is 2.10. The lowest BCUT2D eigenvalue weighted by atomic mass is 10.2. The van der Waals surface area contributed by atoms with Gasteiger partial charge in [0, 0.05) is 17.9 Å². The second-order valence-electron chi connectivity index (χ2n) is 4.19. The lowest BCUT2D eigenvalue weighted by Crippen LogP contribution is -2.32. The molecule has 0 aliphatic carbocycles. The zero-order valence-corrected chi connectivity index (χ0v) is 12.8. The SMILES string of the molecule is CSCCN(C)CC(=O)Nc1ccccc1C(N)=S. The first-order valence-electron chi connectivity index (χ1n) is 5.90. The zero-order valence-electron chi connectivity index (χ0n) is 11.2. The molecule has 0 aliphatic heterocycles. The van der Waals surface area contributed by atoms with Crippen LogP contribution in [0.2, 0.25) is 0 Å². The minimum atomic E-state index is -0.0627. The highest BCUT2D eigenvalue weighted by molar-refractivity contribution is 7.98. The Kier molecular flexibility index (Phi) is 6.83. The summed E-state index contributed by atoms with van der Waals surface area (Å²) < 4.78 is 0. The van der Waals surface area contributed by atoms with Gasteiger partial charge in [0.2, 0.25) is 5.91 Å². The summed E-state index contributed by atoms with van der Waals surface area (Å²) >= 11 is 6.72. The molecule has 1 amide bonds. The van der Waals surface area contributed by atoms with E-state index in [-0.39, 0.29) is 10.9 Å². The number of hydrogen-bond acceptors (Lipinski definition) is 4. The lowest BCUT2D eigenvalue weighted by Gasteiger charge is -2.16. The largest absolute Gasteiger partial charge is 0.389 e. The third-order valence-electron chi connectivity index (χ3n) is 2.56. The molecule has 0 atom stereocenters. The number of nitrogens with one attached hydrogen (secondary N) is 1. The molecule has 0 saturated heterocycles. The van der Waals surface area contributed by atoms with Crippen molar-refractivity contribution in [2.45, 2.75) is 0 Å². The van der Waals surface area contributed by atoms with Crippen molar-refractivity contribution < 1.29 is 4.79 Å². The van der Waals surface area contributed by atoms with Crippen LogP contribution in [-0.2, 0) is 4.79 Å². The summed E-state index contributed by atoms with van der Waals surface area (Å²) in [4.78, 5) is 14.2. The molecule has 104 valence electrons. The van der Waals surface area contributed by atoms with Gasteiger partial charge < -0.3 is 11.1 Å². The number of nitrogens with zero attached hydrogens (tertiary/aromatic N) is 1. The van der Waals surface area contributed by atoms with Gasteiger partial charge in [-0.25, -0.2) is 0 Å². The normalized spacial score (nSPS) is 10.5. The van der Waals surface area contributed by atoms with Gasteiger partial charge in [-0.3, -0.25) is 9.69 Å². The average Bonchev–Trinajstić information content (AvgIpc) is 2.36. The summed E-state index contributed by atoms with van der Waals surface area (Å²) in [7, 11) is 1.93. The lowest BCUT2D eigenvalue weighted by molar-refractivity contribution is -0.117. The van der Waals surface area contributed by atoms with Crippen molar-refractivity contribution in [3.63, 3.8) is 0 Å². The maximum Gasteiger partial charge on any atom is 0.238 e. The average molecular weight is 297 g/mol. The summed E-state index contributed by atoms with van der Waals surface area (Å²) in [5, 5.41) is 2.84. The number of benzene rings is 1. The van der Waals surface area contributed by atoms with Crippen molar-refractivity contribution in [1.29, 1.82) is 0 Å². The number of rotatable bonds is 7. The fourth-order valence-electron chi connectivity index (χ4n) is 1.57. The maximum absolute atomic E-state index is 11.9. The van der Waals surface area contributed by atoms with Crippen molar-refractivity contribution in [3.05, 3.63) is 29.8 Å². The summed E-state index contributed by atoms with van der Waals surface area (Å²) in [6.45, 7) is 1.23. The summed E-state index contributed by atoms with van der Waals surface area (Å²) in [5.41, 5.74) is 6.98. The van der Waals surface area contributed by atoms with E-state index in [4.69, 9.17) is 18.0 Å². The van der Waals surface area contributed by atoms with Crippen molar-refractivity contribution in [2.75, 3.05) is 37.5 Å². The zero-order chi connectivity index (χ0) is 14.3. The van der Waals surface area contributed by atoms with Crippen molar-refractivity contribution >= 4 is 40.6 Å². The van der Waals surface area contributed by atoms with E-state index in [0.29, 0.717) is 17.8 Å². The molecule has 0 bridgehead atoms. The molecule has 0 heterocycles. The van der Waals surface area contributed by atoms with Crippen LogP contribution in [0.15, 0.2) is 24.3 Å². The Morgan fingerprint density at radius 2 is 2.16 bits per heavy atom. The standard InChI is InChI=1S/C13H19N3OS2/c1-16(7-8-19-2)9-12(17)15-11-6-4-3-5-10(11)13(14)18/h3-6H,7-9H2,1-2H3,(H2,14,18)(H,15,17). The Bertz CT molecular complexity index is 451. The van der Waals surface area contributed by atoms with Crippen LogP contribution < -0.4 is 11.1 Å². The van der Waals surface area contributed by atoms with Crippen molar-refractivity contribution in [3.8, 4) is 0 Å². The molecule has 4 nitrogen and oxygen atoms in total. The first kappa shape index (κ1) is 15.9. The van der Waals surface area contributed by atoms with E-state index < -0.39 is 0 Å². The molecule has 0 radical (unpaired) electrons. The Morgan fingerprint density at radius 1 is 1.47 bits per heavy atom. The molecular formula is C13H19N3OS2. The van der Waals surface area contributed by atoms with E-state index in [2.05, 4.69) is 5.32 Å². The molecule has 0 fully saturated rings. The Hall–Kier alpha value is -1.11. The predicted octanol–water partition coefficient (Wildman–Crippen LogP) is 1.55. The van der Waals surface area contributed by atoms with Crippen LogP contribution in [0.1, 0.15) is 5.56 Å². The number of anilines is 1. The Morgan fingerprint density at radius 3 is 2.79 bits per heavy atom. The minimum Gasteiger partial charge on any atom is -0.389 e. The van der Waals surface area contributed by atoms with Crippen LogP contribution in [0.3, 0.4) is 0 Å². The molecule has 6 heteroatoms. The second kappa shape index (κ2) is 8.14. The molecule has 19 heavy (non-hydrogen) atoms. The third-order valence-corrected chi connectivity index (χ3v) is 3.37. The number of para-hydroxylation sites is 1. The van der Waals surface area contributed by atoms with E-state index in [1.165, 1.54) is 0 Å². The highest BCUT2D eigenvalue weighted by Crippen LogP contribution is 2.14. The molecule has 1 aromatic rings. The third kappa shape index (κ3) is 5.59. The molecule has 0 spiro atoms. The van der Waals surface area contributed by atoms with Gasteiger partial charge in [0.1, 0.15) is 4.99 Å². The van der Waals surface area contributed by atoms with Gasteiger partial charge in [0.25, 0.3) is 0 Å². The summed E-state index contributed by atoms with van der Waals surface area (Å²) in [5.74, 6) is 0.945. The molecule has 1 aromatic carbocycles. The monoisotopic (exact) mass is 297 g/mol. The number of likely N-dealkylation sites (N-methyl/N-ethyl adjacent to an activating group) is 1. The number of nitrogens with two attached hydrogens (primary N) is 1.